The van der Waals surface area contributed by atoms with Crippen molar-refractivity contribution in [1.29, 1.82) is 0 Å². The van der Waals surface area contributed by atoms with Crippen LogP contribution in [0.5, 0.6) is 0 Å². The highest BCUT2D eigenvalue weighted by atomic mass is 35.5. The van der Waals surface area contributed by atoms with E-state index in [9.17, 15) is 12.8 Å². The molecule has 3 N–H and O–H groups in total. The van der Waals surface area contributed by atoms with Crippen LogP contribution in [0.2, 0.25) is 0 Å². The van der Waals surface area contributed by atoms with Crippen LogP contribution in [0.25, 0.3) is 5.69 Å². The Morgan fingerprint density at radius 3 is 2.58 bits per heavy atom. The molecule has 1 atom stereocenters. The van der Waals surface area contributed by atoms with Crippen LogP contribution in [0.15, 0.2) is 41.6 Å². The van der Waals surface area contributed by atoms with Gasteiger partial charge in [-0.2, -0.15) is 5.10 Å². The van der Waals surface area contributed by atoms with E-state index < -0.39 is 15.8 Å². The summed E-state index contributed by atoms with van der Waals surface area (Å²) in [6, 6.07) is 5.67. The zero-order valence-electron chi connectivity index (χ0n) is 13.5. The first-order chi connectivity index (χ1) is 10.8. The zero-order chi connectivity index (χ0) is 17.0. The van der Waals surface area contributed by atoms with Gasteiger partial charge in [-0.25, -0.2) is 22.2 Å². The SMILES string of the molecule is CC(C)CC(CN)NS(=O)(=O)c1cnn(-c2ccccc2F)c1.Cl. The Morgan fingerprint density at radius 2 is 2.00 bits per heavy atom. The highest BCUT2D eigenvalue weighted by Crippen LogP contribution is 2.16. The van der Waals surface area contributed by atoms with Gasteiger partial charge in [-0.1, -0.05) is 26.0 Å². The Labute approximate surface area is 147 Å². The number of hydrogen-bond acceptors (Lipinski definition) is 4. The molecule has 0 spiro atoms. The van der Waals surface area contributed by atoms with Crippen molar-refractivity contribution in [2.45, 2.75) is 31.2 Å². The van der Waals surface area contributed by atoms with Gasteiger partial charge in [-0.3, -0.25) is 0 Å². The summed E-state index contributed by atoms with van der Waals surface area (Å²) in [7, 11) is -3.75. The van der Waals surface area contributed by atoms with Gasteiger partial charge in [0, 0.05) is 12.6 Å². The van der Waals surface area contributed by atoms with E-state index in [-0.39, 0.29) is 35.6 Å². The molecule has 2 aromatic rings. The van der Waals surface area contributed by atoms with E-state index in [0.717, 1.165) is 0 Å². The molecule has 0 aliphatic carbocycles. The predicted octanol–water partition coefficient (Wildman–Crippen LogP) is 2.08. The molecule has 0 bridgehead atoms. The molecule has 0 aliphatic rings. The second-order valence-electron chi connectivity index (χ2n) is 5.76. The smallest absolute Gasteiger partial charge is 0.244 e. The molecule has 2 rings (SSSR count). The number of nitrogens with zero attached hydrogens (tertiary/aromatic N) is 2. The van der Waals surface area contributed by atoms with E-state index in [0.29, 0.717) is 12.3 Å². The molecule has 0 saturated carbocycles. The Bertz CT molecular complexity index is 764. The Morgan fingerprint density at radius 1 is 1.33 bits per heavy atom. The van der Waals surface area contributed by atoms with Crippen LogP contribution < -0.4 is 10.5 Å². The normalized spacial score (nSPS) is 12.9. The maximum atomic E-state index is 13.7. The molecule has 0 amide bonds. The van der Waals surface area contributed by atoms with Gasteiger partial charge in [0.25, 0.3) is 0 Å². The molecule has 0 fully saturated rings. The van der Waals surface area contributed by atoms with E-state index in [2.05, 4.69) is 9.82 Å². The molecule has 1 heterocycles. The summed E-state index contributed by atoms with van der Waals surface area (Å²) in [6.07, 6.45) is 3.11. The summed E-state index contributed by atoms with van der Waals surface area (Å²) in [5, 5.41) is 3.93. The maximum Gasteiger partial charge on any atom is 0.244 e. The number of benzene rings is 1. The molecule has 1 aromatic carbocycles. The van der Waals surface area contributed by atoms with Crippen molar-refractivity contribution in [2.75, 3.05) is 6.54 Å². The lowest BCUT2D eigenvalue weighted by molar-refractivity contribution is 0.465. The minimum absolute atomic E-state index is 0. The van der Waals surface area contributed by atoms with Gasteiger partial charge in [0.15, 0.2) is 0 Å². The fourth-order valence-electron chi connectivity index (χ4n) is 2.26. The van der Waals surface area contributed by atoms with Gasteiger partial charge >= 0.3 is 0 Å². The number of aromatic nitrogens is 2. The number of hydrogen-bond donors (Lipinski definition) is 2. The molecule has 6 nitrogen and oxygen atoms in total. The number of sulfonamides is 1. The molecular weight excluding hydrogens is 355 g/mol. The Hall–Kier alpha value is -1.48. The molecule has 1 aromatic heterocycles. The average Bonchev–Trinajstić information content (AvgIpc) is 2.96. The highest BCUT2D eigenvalue weighted by Gasteiger charge is 2.22. The summed E-state index contributed by atoms with van der Waals surface area (Å²) in [5.41, 5.74) is 5.81. The Kier molecular flexibility index (Phi) is 7.34. The number of para-hydroxylation sites is 1. The standard InChI is InChI=1S/C15H21FN4O2S.ClH/c1-11(2)7-12(8-17)19-23(21,22)13-9-18-20(10-13)15-6-4-3-5-14(15)16;/h3-6,9-12,19H,7-8,17H2,1-2H3;1H. The quantitative estimate of drug-likeness (QED) is 0.774. The number of nitrogens with two attached hydrogens (primary N) is 1. The minimum atomic E-state index is -3.75. The van der Waals surface area contributed by atoms with Gasteiger partial charge in [0.05, 0.1) is 12.4 Å². The molecule has 1 unspecified atom stereocenters. The lowest BCUT2D eigenvalue weighted by Gasteiger charge is -2.18. The largest absolute Gasteiger partial charge is 0.329 e. The molecule has 0 radical (unpaired) electrons. The lowest BCUT2D eigenvalue weighted by Crippen LogP contribution is -2.40. The zero-order valence-corrected chi connectivity index (χ0v) is 15.1. The molecule has 24 heavy (non-hydrogen) atoms. The first-order valence-electron chi connectivity index (χ1n) is 7.35. The van der Waals surface area contributed by atoms with Gasteiger partial charge in [-0.05, 0) is 24.5 Å². The molecule has 9 heteroatoms. The summed E-state index contributed by atoms with van der Waals surface area (Å²) in [4.78, 5) is -0.0250. The van der Waals surface area contributed by atoms with E-state index in [1.807, 2.05) is 13.8 Å². The third-order valence-corrected chi connectivity index (χ3v) is 4.81. The summed E-state index contributed by atoms with van der Waals surface area (Å²) in [6.45, 7) is 4.19. The van der Waals surface area contributed by atoms with Crippen LogP contribution in [0, 0.1) is 11.7 Å². The topological polar surface area (TPSA) is 90.0 Å². The second-order valence-corrected chi connectivity index (χ2v) is 7.47. The van der Waals surface area contributed by atoms with E-state index in [1.54, 1.807) is 12.1 Å². The maximum absolute atomic E-state index is 13.7. The van der Waals surface area contributed by atoms with Crippen molar-refractivity contribution in [1.82, 2.24) is 14.5 Å². The minimum Gasteiger partial charge on any atom is -0.329 e. The van der Waals surface area contributed by atoms with E-state index in [1.165, 1.54) is 29.2 Å². The van der Waals surface area contributed by atoms with Crippen LogP contribution >= 0.6 is 12.4 Å². The highest BCUT2D eigenvalue weighted by molar-refractivity contribution is 7.89. The molecule has 134 valence electrons. The average molecular weight is 377 g/mol. The first-order valence-corrected chi connectivity index (χ1v) is 8.83. The summed E-state index contributed by atoms with van der Waals surface area (Å²) < 4.78 is 42.3. The van der Waals surface area contributed by atoms with Crippen molar-refractivity contribution in [3.63, 3.8) is 0 Å². The van der Waals surface area contributed by atoms with E-state index in [4.69, 9.17) is 5.73 Å². The van der Waals surface area contributed by atoms with Gasteiger partial charge in [0.2, 0.25) is 10.0 Å². The molecule has 0 saturated heterocycles. The Balaban J connectivity index is 0.00000288. The third kappa shape index (κ3) is 5.01. The molecule has 0 aliphatic heterocycles. The summed E-state index contributed by atoms with van der Waals surface area (Å²) in [5.74, 6) is -0.167. The number of nitrogens with one attached hydrogen (secondary N) is 1. The van der Waals surface area contributed by atoms with Gasteiger partial charge < -0.3 is 5.73 Å². The second kappa shape index (κ2) is 8.57. The van der Waals surface area contributed by atoms with Crippen molar-refractivity contribution in [2.24, 2.45) is 11.7 Å². The van der Waals surface area contributed by atoms with Crippen LogP contribution in [0.4, 0.5) is 4.39 Å². The van der Waals surface area contributed by atoms with Crippen LogP contribution in [-0.4, -0.2) is 30.8 Å². The number of rotatable bonds is 7. The summed E-state index contributed by atoms with van der Waals surface area (Å²) >= 11 is 0. The van der Waals surface area contributed by atoms with Crippen LogP contribution in [0.3, 0.4) is 0 Å². The predicted molar refractivity (Wildman–Crippen MR) is 93.4 cm³/mol. The van der Waals surface area contributed by atoms with Crippen molar-refractivity contribution in [3.8, 4) is 5.69 Å². The van der Waals surface area contributed by atoms with Crippen LogP contribution in [-0.2, 0) is 10.0 Å². The van der Waals surface area contributed by atoms with Gasteiger partial charge in [0.1, 0.15) is 16.4 Å². The fourth-order valence-corrected chi connectivity index (χ4v) is 3.46. The fraction of sp³-hybridized carbons (Fsp3) is 0.400. The van der Waals surface area contributed by atoms with Crippen molar-refractivity contribution < 1.29 is 12.8 Å². The van der Waals surface area contributed by atoms with Crippen LogP contribution in [0.1, 0.15) is 20.3 Å². The van der Waals surface area contributed by atoms with E-state index >= 15 is 0 Å². The van der Waals surface area contributed by atoms with Crippen molar-refractivity contribution in [3.05, 3.63) is 42.5 Å². The lowest BCUT2D eigenvalue weighted by atomic mass is 10.1. The first kappa shape index (κ1) is 20.6. The number of halogens is 2. The van der Waals surface area contributed by atoms with Crippen molar-refractivity contribution >= 4 is 22.4 Å². The molecular formula is C15H22ClFN4O2S. The monoisotopic (exact) mass is 376 g/mol. The third-order valence-electron chi connectivity index (χ3n) is 3.33. The van der Waals surface area contributed by atoms with Gasteiger partial charge in [-0.15, -0.1) is 12.4 Å².